The van der Waals surface area contributed by atoms with Gasteiger partial charge in [-0.2, -0.15) is 0 Å². The SMILES string of the molecule is CC(C)CCCC(C)NCC1CCc2ccc(NS(=O)(=O)c3ccccc3)cc2O1. The fourth-order valence-electron chi connectivity index (χ4n) is 3.71. The molecule has 2 unspecified atom stereocenters. The van der Waals surface area contributed by atoms with E-state index in [0.29, 0.717) is 11.7 Å². The second kappa shape index (κ2) is 10.3. The summed E-state index contributed by atoms with van der Waals surface area (Å²) in [6.45, 7) is 7.56. The average Bonchev–Trinajstić information content (AvgIpc) is 2.72. The van der Waals surface area contributed by atoms with Crippen LogP contribution in [0.2, 0.25) is 0 Å². The van der Waals surface area contributed by atoms with Gasteiger partial charge in [0.2, 0.25) is 0 Å². The quantitative estimate of drug-likeness (QED) is 0.557. The summed E-state index contributed by atoms with van der Waals surface area (Å²) < 4.78 is 34.0. The number of anilines is 1. The van der Waals surface area contributed by atoms with Gasteiger partial charge >= 0.3 is 0 Å². The fraction of sp³-hybridized carbons (Fsp3) is 0.500. The van der Waals surface area contributed by atoms with Crippen LogP contribution in [0.5, 0.6) is 5.75 Å². The van der Waals surface area contributed by atoms with Crippen LogP contribution in [0.4, 0.5) is 5.69 Å². The van der Waals surface area contributed by atoms with E-state index in [1.54, 1.807) is 42.5 Å². The Kier molecular flexibility index (Phi) is 7.78. The molecule has 2 aromatic carbocycles. The van der Waals surface area contributed by atoms with Gasteiger partial charge in [-0.1, -0.05) is 51.0 Å². The second-order valence-electron chi connectivity index (χ2n) is 8.65. The molecule has 0 amide bonds. The van der Waals surface area contributed by atoms with Crippen molar-refractivity contribution in [3.63, 3.8) is 0 Å². The van der Waals surface area contributed by atoms with Gasteiger partial charge in [0.15, 0.2) is 0 Å². The predicted molar refractivity (Wildman–Crippen MR) is 123 cm³/mol. The highest BCUT2D eigenvalue weighted by Crippen LogP contribution is 2.31. The molecule has 0 aliphatic carbocycles. The van der Waals surface area contributed by atoms with Crippen molar-refractivity contribution in [1.82, 2.24) is 5.32 Å². The summed E-state index contributed by atoms with van der Waals surface area (Å²) in [6.07, 6.45) is 5.69. The molecule has 0 spiro atoms. The number of benzene rings is 2. The van der Waals surface area contributed by atoms with Gasteiger partial charge in [0.05, 0.1) is 10.6 Å². The van der Waals surface area contributed by atoms with Crippen molar-refractivity contribution in [2.45, 2.75) is 69.9 Å². The molecule has 5 nitrogen and oxygen atoms in total. The monoisotopic (exact) mass is 430 g/mol. The number of aryl methyl sites for hydroxylation is 1. The zero-order valence-electron chi connectivity index (χ0n) is 18.2. The lowest BCUT2D eigenvalue weighted by Crippen LogP contribution is -2.38. The minimum absolute atomic E-state index is 0.103. The number of sulfonamides is 1. The summed E-state index contributed by atoms with van der Waals surface area (Å²) in [7, 11) is -3.61. The van der Waals surface area contributed by atoms with Crippen LogP contribution >= 0.6 is 0 Å². The third-order valence-corrected chi connectivity index (χ3v) is 6.91. The largest absolute Gasteiger partial charge is 0.489 e. The molecule has 1 aliphatic rings. The van der Waals surface area contributed by atoms with E-state index in [0.717, 1.165) is 36.6 Å². The van der Waals surface area contributed by atoms with E-state index < -0.39 is 10.0 Å². The smallest absolute Gasteiger partial charge is 0.261 e. The summed E-state index contributed by atoms with van der Waals surface area (Å²) in [5.74, 6) is 1.53. The molecule has 164 valence electrons. The Morgan fingerprint density at radius 2 is 1.83 bits per heavy atom. The van der Waals surface area contributed by atoms with Crippen molar-refractivity contribution in [2.75, 3.05) is 11.3 Å². The zero-order chi connectivity index (χ0) is 21.6. The molecule has 0 saturated carbocycles. The van der Waals surface area contributed by atoms with Crippen LogP contribution in [0.25, 0.3) is 0 Å². The highest BCUT2D eigenvalue weighted by atomic mass is 32.2. The van der Waals surface area contributed by atoms with E-state index in [1.165, 1.54) is 19.3 Å². The van der Waals surface area contributed by atoms with Crippen molar-refractivity contribution in [1.29, 1.82) is 0 Å². The number of hydrogen-bond acceptors (Lipinski definition) is 4. The van der Waals surface area contributed by atoms with Crippen LogP contribution in [0, 0.1) is 5.92 Å². The molecule has 30 heavy (non-hydrogen) atoms. The molecule has 0 aromatic heterocycles. The van der Waals surface area contributed by atoms with Gasteiger partial charge in [-0.15, -0.1) is 0 Å². The molecule has 2 atom stereocenters. The maximum absolute atomic E-state index is 12.6. The molecule has 1 heterocycles. The molecular weight excluding hydrogens is 396 g/mol. The van der Waals surface area contributed by atoms with E-state index >= 15 is 0 Å². The molecule has 0 bridgehead atoms. The van der Waals surface area contributed by atoms with E-state index in [9.17, 15) is 8.42 Å². The molecule has 2 N–H and O–H groups in total. The van der Waals surface area contributed by atoms with Gasteiger partial charge in [-0.3, -0.25) is 4.72 Å². The number of rotatable bonds is 10. The Morgan fingerprint density at radius 1 is 1.07 bits per heavy atom. The van der Waals surface area contributed by atoms with Crippen LogP contribution in [-0.2, 0) is 16.4 Å². The standard InChI is InChI=1S/C24H34N2O3S/c1-18(2)8-7-9-19(3)25-17-22-15-13-20-12-14-21(16-24(20)29-22)26-30(27,28)23-10-5-4-6-11-23/h4-6,10-12,14,16,18-19,22,25-26H,7-9,13,15,17H2,1-3H3. The summed E-state index contributed by atoms with van der Waals surface area (Å²) in [6, 6.07) is 14.4. The first-order valence-electron chi connectivity index (χ1n) is 10.9. The summed E-state index contributed by atoms with van der Waals surface area (Å²) in [5.41, 5.74) is 1.65. The molecule has 3 rings (SSSR count). The maximum atomic E-state index is 12.6. The lowest BCUT2D eigenvalue weighted by atomic mass is 10.0. The van der Waals surface area contributed by atoms with E-state index in [2.05, 4.69) is 30.8 Å². The first kappa shape index (κ1) is 22.6. The number of fused-ring (bicyclic) bond motifs is 1. The van der Waals surface area contributed by atoms with Crippen LogP contribution in [0.15, 0.2) is 53.4 Å². The van der Waals surface area contributed by atoms with Gasteiger partial charge in [-0.25, -0.2) is 8.42 Å². The lowest BCUT2D eigenvalue weighted by Gasteiger charge is -2.28. The normalized spacial score (nSPS) is 17.3. The van der Waals surface area contributed by atoms with Crippen molar-refractivity contribution in [3.8, 4) is 5.75 Å². The van der Waals surface area contributed by atoms with E-state index in [1.807, 2.05) is 6.07 Å². The zero-order valence-corrected chi connectivity index (χ0v) is 19.0. The van der Waals surface area contributed by atoms with Gasteiger partial charge < -0.3 is 10.1 Å². The Labute approximate surface area is 181 Å². The fourth-order valence-corrected chi connectivity index (χ4v) is 4.78. The van der Waals surface area contributed by atoms with Gasteiger partial charge in [0.25, 0.3) is 10.0 Å². The van der Waals surface area contributed by atoms with Crippen molar-refractivity contribution >= 4 is 15.7 Å². The Bertz CT molecular complexity index is 913. The predicted octanol–water partition coefficient (Wildman–Crippen LogP) is 4.99. The molecular formula is C24H34N2O3S. The van der Waals surface area contributed by atoms with Crippen LogP contribution in [0.1, 0.15) is 52.0 Å². The minimum atomic E-state index is -3.61. The Balaban J connectivity index is 1.56. The van der Waals surface area contributed by atoms with Crippen LogP contribution < -0.4 is 14.8 Å². The Hall–Kier alpha value is -2.05. The first-order chi connectivity index (χ1) is 14.3. The average molecular weight is 431 g/mol. The van der Waals surface area contributed by atoms with E-state index in [4.69, 9.17) is 4.74 Å². The first-order valence-corrected chi connectivity index (χ1v) is 12.4. The van der Waals surface area contributed by atoms with E-state index in [-0.39, 0.29) is 11.0 Å². The van der Waals surface area contributed by atoms with Gasteiger partial charge in [-0.05, 0) is 55.9 Å². The van der Waals surface area contributed by atoms with Crippen molar-refractivity contribution in [3.05, 3.63) is 54.1 Å². The summed E-state index contributed by atoms with van der Waals surface area (Å²) in [4.78, 5) is 0.247. The second-order valence-corrected chi connectivity index (χ2v) is 10.3. The van der Waals surface area contributed by atoms with Crippen molar-refractivity contribution < 1.29 is 13.2 Å². The van der Waals surface area contributed by atoms with Crippen molar-refractivity contribution in [2.24, 2.45) is 5.92 Å². The van der Waals surface area contributed by atoms with Crippen LogP contribution in [-0.4, -0.2) is 27.1 Å². The summed E-state index contributed by atoms with van der Waals surface area (Å²) >= 11 is 0. The number of ether oxygens (including phenoxy) is 1. The third-order valence-electron chi connectivity index (χ3n) is 5.51. The molecule has 1 aliphatic heterocycles. The maximum Gasteiger partial charge on any atom is 0.261 e. The highest BCUT2D eigenvalue weighted by molar-refractivity contribution is 7.92. The number of nitrogens with one attached hydrogen (secondary N) is 2. The molecule has 6 heteroatoms. The lowest BCUT2D eigenvalue weighted by molar-refractivity contribution is 0.166. The molecule has 0 saturated heterocycles. The van der Waals surface area contributed by atoms with Gasteiger partial charge in [0.1, 0.15) is 11.9 Å². The van der Waals surface area contributed by atoms with Crippen LogP contribution in [0.3, 0.4) is 0 Å². The number of hydrogen-bond donors (Lipinski definition) is 2. The summed E-state index contributed by atoms with van der Waals surface area (Å²) in [5, 5.41) is 3.59. The molecule has 0 radical (unpaired) electrons. The Morgan fingerprint density at radius 3 is 2.57 bits per heavy atom. The van der Waals surface area contributed by atoms with Gasteiger partial charge in [0, 0.05) is 18.7 Å². The highest BCUT2D eigenvalue weighted by Gasteiger charge is 2.21. The topological polar surface area (TPSA) is 67.4 Å². The molecule has 2 aromatic rings. The molecule has 0 fully saturated rings. The minimum Gasteiger partial charge on any atom is -0.489 e. The third kappa shape index (κ3) is 6.47.